The molecule has 0 amide bonds. The standard InChI is InChI=1S/C31H44NO3/c1-23-13-16-28-30(2,18-10-19-31(28,3)29(33)34-6)26(23)15-14-25-17-20-35-27(25)22-32(4,5)21-24-11-8-7-9-12-24/h7-9,11-12,17,20,26,28H,1,10,13-16,18-19,21-22H2,2-6H3/q+1/t26-,28-,30-,31+/m1/s1. The number of methoxy groups -OCH3 is 1. The van der Waals surface area contributed by atoms with Gasteiger partial charge in [0.15, 0.2) is 5.76 Å². The molecular weight excluding hydrogens is 434 g/mol. The number of esters is 1. The highest BCUT2D eigenvalue weighted by molar-refractivity contribution is 5.77. The van der Waals surface area contributed by atoms with Crippen LogP contribution in [0.4, 0.5) is 0 Å². The number of hydrogen-bond acceptors (Lipinski definition) is 3. The number of fused-ring (bicyclic) bond motifs is 1. The Hall–Kier alpha value is -2.33. The van der Waals surface area contributed by atoms with E-state index in [2.05, 4.69) is 70.9 Å². The van der Waals surface area contributed by atoms with Crippen molar-refractivity contribution in [1.82, 2.24) is 0 Å². The van der Waals surface area contributed by atoms with E-state index in [-0.39, 0.29) is 16.8 Å². The Labute approximate surface area is 211 Å². The SMILES string of the molecule is C=C1CC[C@@H]2[C@](C)(CCC[C@]2(C)C(=O)OC)[C@@H]1CCc1ccoc1C[N+](C)(C)Cc1ccccc1. The third-order valence-corrected chi connectivity index (χ3v) is 9.24. The van der Waals surface area contributed by atoms with E-state index in [4.69, 9.17) is 9.15 Å². The Kier molecular flexibility index (Phi) is 7.33. The number of carbonyl (C=O) groups is 1. The molecule has 0 aliphatic heterocycles. The van der Waals surface area contributed by atoms with Crippen LogP contribution >= 0.6 is 0 Å². The van der Waals surface area contributed by atoms with Gasteiger partial charge in [-0.3, -0.25) is 4.79 Å². The largest absolute Gasteiger partial charge is 0.469 e. The van der Waals surface area contributed by atoms with Crippen molar-refractivity contribution in [3.05, 3.63) is 71.7 Å². The lowest BCUT2D eigenvalue weighted by molar-refractivity contribution is -0.917. The van der Waals surface area contributed by atoms with Crippen molar-refractivity contribution in [2.24, 2.45) is 22.7 Å². The molecule has 0 unspecified atom stereocenters. The van der Waals surface area contributed by atoms with Crippen LogP contribution in [0.2, 0.25) is 0 Å². The molecule has 0 spiro atoms. The molecule has 2 saturated carbocycles. The van der Waals surface area contributed by atoms with E-state index in [0.717, 1.165) is 68.3 Å². The van der Waals surface area contributed by atoms with Crippen molar-refractivity contribution < 1.29 is 18.4 Å². The van der Waals surface area contributed by atoms with Crippen molar-refractivity contribution in [1.29, 1.82) is 0 Å². The Morgan fingerprint density at radius 2 is 1.89 bits per heavy atom. The highest BCUT2D eigenvalue weighted by Crippen LogP contribution is 2.62. The molecule has 4 atom stereocenters. The first kappa shape index (κ1) is 25.8. The van der Waals surface area contributed by atoms with Crippen molar-refractivity contribution in [2.75, 3.05) is 21.2 Å². The summed E-state index contributed by atoms with van der Waals surface area (Å²) in [5, 5.41) is 0. The summed E-state index contributed by atoms with van der Waals surface area (Å²) in [6, 6.07) is 12.8. The van der Waals surface area contributed by atoms with E-state index in [1.807, 2.05) is 6.26 Å². The molecule has 1 heterocycles. The van der Waals surface area contributed by atoms with Crippen LogP contribution in [0.3, 0.4) is 0 Å². The predicted molar refractivity (Wildman–Crippen MR) is 140 cm³/mol. The molecule has 2 fully saturated rings. The maximum absolute atomic E-state index is 12.9. The van der Waals surface area contributed by atoms with Gasteiger partial charge in [0, 0.05) is 5.56 Å². The summed E-state index contributed by atoms with van der Waals surface area (Å²) in [5.41, 5.74) is 3.72. The van der Waals surface area contributed by atoms with Gasteiger partial charge in [-0.2, -0.15) is 0 Å². The van der Waals surface area contributed by atoms with Gasteiger partial charge in [-0.1, -0.05) is 55.8 Å². The number of ether oxygens (including phenoxy) is 1. The zero-order valence-electron chi connectivity index (χ0n) is 22.4. The number of rotatable bonds is 8. The first-order valence-electron chi connectivity index (χ1n) is 13.3. The molecule has 0 N–H and O–H groups in total. The summed E-state index contributed by atoms with van der Waals surface area (Å²) in [6.07, 6.45) is 9.11. The van der Waals surface area contributed by atoms with Gasteiger partial charge >= 0.3 is 5.97 Å². The van der Waals surface area contributed by atoms with Gasteiger partial charge in [0.1, 0.15) is 13.1 Å². The summed E-state index contributed by atoms with van der Waals surface area (Å²) in [7, 11) is 6.07. The molecule has 0 bridgehead atoms. The van der Waals surface area contributed by atoms with Crippen molar-refractivity contribution in [3.8, 4) is 0 Å². The summed E-state index contributed by atoms with van der Waals surface area (Å²) in [6.45, 7) is 10.9. The van der Waals surface area contributed by atoms with Gasteiger partial charge in [-0.05, 0) is 74.3 Å². The Bertz CT molecular complexity index is 1040. The number of aryl methyl sites for hydroxylation is 1. The molecule has 2 aliphatic carbocycles. The number of allylic oxidation sites excluding steroid dienone is 1. The lowest BCUT2D eigenvalue weighted by Gasteiger charge is -2.57. The number of benzene rings is 1. The Morgan fingerprint density at radius 3 is 2.60 bits per heavy atom. The average Bonchev–Trinajstić information content (AvgIpc) is 3.24. The topological polar surface area (TPSA) is 39.4 Å². The zero-order valence-corrected chi connectivity index (χ0v) is 22.4. The molecule has 4 heteroatoms. The first-order valence-corrected chi connectivity index (χ1v) is 13.3. The van der Waals surface area contributed by atoms with E-state index in [9.17, 15) is 4.79 Å². The molecule has 4 nitrogen and oxygen atoms in total. The second-order valence-corrected chi connectivity index (χ2v) is 12.2. The number of furan rings is 1. The summed E-state index contributed by atoms with van der Waals surface area (Å²) >= 11 is 0. The number of quaternary nitrogens is 1. The minimum atomic E-state index is -0.388. The predicted octanol–water partition coefficient (Wildman–Crippen LogP) is 6.94. The van der Waals surface area contributed by atoms with Crippen LogP contribution in [0, 0.1) is 22.7 Å². The van der Waals surface area contributed by atoms with E-state index < -0.39 is 0 Å². The maximum atomic E-state index is 12.9. The highest BCUT2D eigenvalue weighted by atomic mass is 16.5. The molecule has 2 aliphatic rings. The van der Waals surface area contributed by atoms with E-state index in [1.165, 1.54) is 23.8 Å². The van der Waals surface area contributed by atoms with Gasteiger partial charge in [-0.15, -0.1) is 0 Å². The normalized spacial score (nSPS) is 29.0. The van der Waals surface area contributed by atoms with Crippen LogP contribution in [0.15, 0.2) is 59.2 Å². The summed E-state index contributed by atoms with van der Waals surface area (Å²) < 4.78 is 12.2. The smallest absolute Gasteiger partial charge is 0.311 e. The second kappa shape index (κ2) is 9.97. The van der Waals surface area contributed by atoms with Gasteiger partial charge in [0.05, 0.1) is 32.9 Å². The van der Waals surface area contributed by atoms with Crippen LogP contribution in [0.1, 0.15) is 69.3 Å². The fourth-order valence-corrected chi connectivity index (χ4v) is 7.51. The van der Waals surface area contributed by atoms with E-state index >= 15 is 0 Å². The monoisotopic (exact) mass is 478 g/mol. The fourth-order valence-electron chi connectivity index (χ4n) is 7.51. The lowest BCUT2D eigenvalue weighted by atomic mass is 9.46. The zero-order chi connectivity index (χ0) is 25.3. The molecular formula is C31H44NO3+. The third kappa shape index (κ3) is 5.14. The molecule has 4 rings (SSSR count). The minimum absolute atomic E-state index is 0.0322. The molecule has 2 aromatic rings. The minimum Gasteiger partial charge on any atom is -0.469 e. The Balaban J connectivity index is 1.48. The second-order valence-electron chi connectivity index (χ2n) is 12.2. The molecule has 0 saturated heterocycles. The van der Waals surface area contributed by atoms with Crippen LogP contribution in [-0.4, -0.2) is 31.7 Å². The van der Waals surface area contributed by atoms with Crippen molar-refractivity contribution in [3.63, 3.8) is 0 Å². The maximum Gasteiger partial charge on any atom is 0.311 e. The van der Waals surface area contributed by atoms with E-state index in [0.29, 0.717) is 11.8 Å². The van der Waals surface area contributed by atoms with Crippen LogP contribution in [0.5, 0.6) is 0 Å². The van der Waals surface area contributed by atoms with Gasteiger partial charge in [-0.25, -0.2) is 0 Å². The van der Waals surface area contributed by atoms with Gasteiger partial charge < -0.3 is 13.6 Å². The summed E-state index contributed by atoms with van der Waals surface area (Å²) in [5.74, 6) is 1.82. The number of nitrogens with zero attached hydrogens (tertiary/aromatic N) is 1. The average molecular weight is 479 g/mol. The molecule has 1 aromatic heterocycles. The number of hydrogen-bond donors (Lipinski definition) is 0. The molecule has 1 aromatic carbocycles. The van der Waals surface area contributed by atoms with Gasteiger partial charge in [0.25, 0.3) is 0 Å². The quantitative estimate of drug-likeness (QED) is 0.234. The van der Waals surface area contributed by atoms with Crippen LogP contribution in [-0.2, 0) is 29.0 Å². The number of carbonyl (C=O) groups excluding carboxylic acids is 1. The van der Waals surface area contributed by atoms with Gasteiger partial charge in [0.2, 0.25) is 0 Å². The molecule has 35 heavy (non-hydrogen) atoms. The molecule has 0 radical (unpaired) electrons. The fraction of sp³-hybridized carbons (Fsp3) is 0.581. The Morgan fingerprint density at radius 1 is 1.14 bits per heavy atom. The van der Waals surface area contributed by atoms with E-state index in [1.54, 1.807) is 0 Å². The molecule has 190 valence electrons. The van der Waals surface area contributed by atoms with Crippen LogP contribution in [0.25, 0.3) is 0 Å². The van der Waals surface area contributed by atoms with Crippen LogP contribution < -0.4 is 0 Å². The summed E-state index contributed by atoms with van der Waals surface area (Å²) in [4.78, 5) is 12.9. The first-order chi connectivity index (χ1) is 16.6. The van der Waals surface area contributed by atoms with Crippen molar-refractivity contribution in [2.45, 2.75) is 71.9 Å². The lowest BCUT2D eigenvalue weighted by Crippen LogP contribution is -2.53. The third-order valence-electron chi connectivity index (χ3n) is 9.24. The highest BCUT2D eigenvalue weighted by Gasteiger charge is 2.57. The van der Waals surface area contributed by atoms with Crippen molar-refractivity contribution >= 4 is 5.97 Å².